The molecule has 96 valence electrons. The highest BCUT2D eigenvalue weighted by atomic mass is 35.5. The molecule has 2 aromatic rings. The van der Waals surface area contributed by atoms with Gasteiger partial charge in [-0.05, 0) is 34.4 Å². The third-order valence-corrected chi connectivity index (χ3v) is 3.85. The van der Waals surface area contributed by atoms with Gasteiger partial charge in [-0.15, -0.1) is 11.6 Å². The minimum Gasteiger partial charge on any atom is -0.298 e. The summed E-state index contributed by atoms with van der Waals surface area (Å²) in [5, 5.41) is 4.36. The van der Waals surface area contributed by atoms with E-state index in [-0.39, 0.29) is 0 Å². The van der Waals surface area contributed by atoms with Crippen LogP contribution in [0, 0.1) is 0 Å². The summed E-state index contributed by atoms with van der Waals surface area (Å²) in [6, 6.07) is 12.8. The fourth-order valence-corrected chi connectivity index (χ4v) is 2.90. The Morgan fingerprint density at radius 2 is 1.83 bits per heavy atom. The molecule has 0 aliphatic heterocycles. The topological polar surface area (TPSA) is 3.24 Å². The van der Waals surface area contributed by atoms with E-state index < -0.39 is 0 Å². The molecule has 0 bridgehead atoms. The van der Waals surface area contributed by atoms with Crippen molar-refractivity contribution in [3.63, 3.8) is 0 Å². The van der Waals surface area contributed by atoms with Crippen LogP contribution in [0.25, 0.3) is 0 Å². The van der Waals surface area contributed by atoms with Gasteiger partial charge < -0.3 is 0 Å². The van der Waals surface area contributed by atoms with Crippen LogP contribution in [0.3, 0.4) is 0 Å². The van der Waals surface area contributed by atoms with Crippen LogP contribution in [-0.2, 0) is 13.0 Å². The quantitative estimate of drug-likeness (QED) is 0.692. The molecule has 0 aliphatic rings. The first-order valence-electron chi connectivity index (χ1n) is 6.22. The van der Waals surface area contributed by atoms with Gasteiger partial charge in [-0.25, -0.2) is 0 Å². The SMILES string of the molecule is ClCCN(CCc1ccsc1)Cc1ccccc1. The predicted molar refractivity (Wildman–Crippen MR) is 80.5 cm³/mol. The van der Waals surface area contributed by atoms with E-state index in [0.717, 1.165) is 26.1 Å². The Bertz CT molecular complexity index is 427. The Hall–Kier alpha value is -0.830. The number of rotatable bonds is 7. The number of alkyl halides is 1. The zero-order valence-electron chi connectivity index (χ0n) is 10.4. The average Bonchev–Trinajstić information content (AvgIpc) is 2.91. The number of thiophene rings is 1. The number of hydrogen-bond donors (Lipinski definition) is 0. The molecule has 3 heteroatoms. The van der Waals surface area contributed by atoms with E-state index in [1.54, 1.807) is 11.3 Å². The third-order valence-electron chi connectivity index (χ3n) is 2.95. The van der Waals surface area contributed by atoms with Crippen LogP contribution in [0.5, 0.6) is 0 Å². The van der Waals surface area contributed by atoms with Gasteiger partial charge in [0.2, 0.25) is 0 Å². The lowest BCUT2D eigenvalue weighted by molar-refractivity contribution is 0.285. The zero-order chi connectivity index (χ0) is 12.6. The van der Waals surface area contributed by atoms with E-state index in [0.29, 0.717) is 5.88 Å². The monoisotopic (exact) mass is 279 g/mol. The molecule has 0 unspecified atom stereocenters. The summed E-state index contributed by atoms with van der Waals surface area (Å²) in [6.45, 7) is 3.00. The highest BCUT2D eigenvalue weighted by Gasteiger charge is 2.05. The van der Waals surface area contributed by atoms with E-state index >= 15 is 0 Å². The van der Waals surface area contributed by atoms with Crippen molar-refractivity contribution >= 4 is 22.9 Å². The minimum absolute atomic E-state index is 0.691. The van der Waals surface area contributed by atoms with E-state index in [4.69, 9.17) is 11.6 Å². The summed E-state index contributed by atoms with van der Waals surface area (Å²) in [5.41, 5.74) is 2.78. The van der Waals surface area contributed by atoms with Gasteiger partial charge in [-0.3, -0.25) is 4.90 Å². The molecule has 0 radical (unpaired) electrons. The molecule has 18 heavy (non-hydrogen) atoms. The number of hydrogen-bond acceptors (Lipinski definition) is 2. The van der Waals surface area contributed by atoms with Crippen molar-refractivity contribution in [2.45, 2.75) is 13.0 Å². The lowest BCUT2D eigenvalue weighted by Gasteiger charge is -2.21. The summed E-state index contributed by atoms with van der Waals surface area (Å²) in [6.07, 6.45) is 1.10. The van der Waals surface area contributed by atoms with Crippen molar-refractivity contribution in [3.8, 4) is 0 Å². The van der Waals surface area contributed by atoms with Crippen molar-refractivity contribution in [1.29, 1.82) is 0 Å². The second kappa shape index (κ2) is 7.57. The summed E-state index contributed by atoms with van der Waals surface area (Å²) in [7, 11) is 0. The summed E-state index contributed by atoms with van der Waals surface area (Å²) in [4.78, 5) is 2.42. The van der Waals surface area contributed by atoms with Crippen molar-refractivity contribution in [2.24, 2.45) is 0 Å². The summed E-state index contributed by atoms with van der Waals surface area (Å²) < 4.78 is 0. The fraction of sp³-hybridized carbons (Fsp3) is 0.333. The Morgan fingerprint density at radius 1 is 1.00 bits per heavy atom. The van der Waals surface area contributed by atoms with E-state index in [9.17, 15) is 0 Å². The molecule has 2 rings (SSSR count). The van der Waals surface area contributed by atoms with Crippen LogP contribution in [0.2, 0.25) is 0 Å². The Labute approximate surface area is 118 Å². The number of nitrogens with zero attached hydrogens (tertiary/aromatic N) is 1. The standard InChI is InChI=1S/C15H18ClNS/c16-8-10-17(9-6-15-7-11-18-13-15)12-14-4-2-1-3-5-14/h1-5,7,11,13H,6,8-10,12H2. The van der Waals surface area contributed by atoms with Crippen LogP contribution < -0.4 is 0 Å². The van der Waals surface area contributed by atoms with Gasteiger partial charge in [0.25, 0.3) is 0 Å². The first-order valence-corrected chi connectivity index (χ1v) is 7.69. The lowest BCUT2D eigenvalue weighted by atomic mass is 10.2. The molecule has 0 aliphatic carbocycles. The normalized spacial score (nSPS) is 11.0. The van der Waals surface area contributed by atoms with Gasteiger partial charge in [0.05, 0.1) is 0 Å². The predicted octanol–water partition coefficient (Wildman–Crippen LogP) is 4.03. The lowest BCUT2D eigenvalue weighted by Crippen LogP contribution is -2.27. The largest absolute Gasteiger partial charge is 0.298 e. The molecule has 0 N–H and O–H groups in total. The Kier molecular flexibility index (Phi) is 5.72. The van der Waals surface area contributed by atoms with Gasteiger partial charge in [0.1, 0.15) is 0 Å². The van der Waals surface area contributed by atoms with Crippen molar-refractivity contribution in [2.75, 3.05) is 19.0 Å². The Balaban J connectivity index is 1.87. The van der Waals surface area contributed by atoms with Gasteiger partial charge in [-0.2, -0.15) is 11.3 Å². The molecule has 0 atom stereocenters. The maximum Gasteiger partial charge on any atom is 0.0351 e. The van der Waals surface area contributed by atoms with Crippen LogP contribution in [-0.4, -0.2) is 23.9 Å². The average molecular weight is 280 g/mol. The maximum atomic E-state index is 5.88. The Morgan fingerprint density at radius 3 is 2.50 bits per heavy atom. The minimum atomic E-state index is 0.691. The molecule has 1 aromatic heterocycles. The zero-order valence-corrected chi connectivity index (χ0v) is 12.0. The van der Waals surface area contributed by atoms with E-state index in [1.807, 2.05) is 0 Å². The van der Waals surface area contributed by atoms with Gasteiger partial charge >= 0.3 is 0 Å². The second-order valence-electron chi connectivity index (χ2n) is 4.33. The molecular formula is C15H18ClNS. The van der Waals surface area contributed by atoms with Crippen molar-refractivity contribution in [1.82, 2.24) is 4.90 Å². The van der Waals surface area contributed by atoms with Crippen LogP contribution in [0.15, 0.2) is 47.2 Å². The van der Waals surface area contributed by atoms with Crippen LogP contribution in [0.4, 0.5) is 0 Å². The van der Waals surface area contributed by atoms with Crippen molar-refractivity contribution in [3.05, 3.63) is 58.3 Å². The number of halogens is 1. The molecule has 1 aromatic carbocycles. The highest BCUT2D eigenvalue weighted by molar-refractivity contribution is 7.07. The molecule has 0 amide bonds. The molecular weight excluding hydrogens is 262 g/mol. The fourth-order valence-electron chi connectivity index (χ4n) is 1.95. The van der Waals surface area contributed by atoms with E-state index in [1.165, 1.54) is 11.1 Å². The first-order chi connectivity index (χ1) is 8.88. The van der Waals surface area contributed by atoms with Gasteiger partial charge in [-0.1, -0.05) is 30.3 Å². The molecule has 0 saturated carbocycles. The first kappa shape index (κ1) is 13.6. The molecule has 0 saturated heterocycles. The molecule has 0 spiro atoms. The smallest absolute Gasteiger partial charge is 0.0351 e. The van der Waals surface area contributed by atoms with Crippen molar-refractivity contribution < 1.29 is 0 Å². The van der Waals surface area contributed by atoms with Gasteiger partial charge in [0.15, 0.2) is 0 Å². The summed E-state index contributed by atoms with van der Waals surface area (Å²) >= 11 is 7.65. The van der Waals surface area contributed by atoms with Crippen LogP contribution in [0.1, 0.15) is 11.1 Å². The third kappa shape index (κ3) is 4.45. The second-order valence-corrected chi connectivity index (χ2v) is 5.49. The van der Waals surface area contributed by atoms with E-state index in [2.05, 4.69) is 52.1 Å². The number of benzene rings is 1. The van der Waals surface area contributed by atoms with Crippen LogP contribution >= 0.6 is 22.9 Å². The molecule has 1 nitrogen and oxygen atoms in total. The molecule has 0 fully saturated rings. The van der Waals surface area contributed by atoms with Gasteiger partial charge in [0, 0.05) is 25.5 Å². The molecule has 1 heterocycles. The summed E-state index contributed by atoms with van der Waals surface area (Å²) in [5.74, 6) is 0.691. The highest BCUT2D eigenvalue weighted by Crippen LogP contribution is 2.10. The maximum absolute atomic E-state index is 5.88.